The first-order valence-corrected chi connectivity index (χ1v) is 5.91. The maximum Gasteiger partial charge on any atom is 0.411 e. The van der Waals surface area contributed by atoms with Crippen LogP contribution in [0.15, 0.2) is 24.3 Å². The predicted molar refractivity (Wildman–Crippen MR) is 60.1 cm³/mol. The molecule has 1 aromatic carbocycles. The summed E-state index contributed by atoms with van der Waals surface area (Å²) in [7, 11) is 0. The van der Waals surface area contributed by atoms with Gasteiger partial charge in [-0.3, -0.25) is 0 Å². The first-order chi connectivity index (χ1) is 8.47. The van der Waals surface area contributed by atoms with Gasteiger partial charge in [0.25, 0.3) is 0 Å². The molecule has 5 heteroatoms. The largest absolute Gasteiger partial charge is 0.411 e. The molecular formula is C13H15F3O2. The summed E-state index contributed by atoms with van der Waals surface area (Å²) >= 11 is 0. The van der Waals surface area contributed by atoms with Crippen LogP contribution in [0.4, 0.5) is 13.2 Å². The van der Waals surface area contributed by atoms with E-state index in [0.717, 1.165) is 18.4 Å². The van der Waals surface area contributed by atoms with Crippen LogP contribution in [-0.4, -0.2) is 24.0 Å². The van der Waals surface area contributed by atoms with Crippen molar-refractivity contribution >= 4 is 0 Å². The first kappa shape index (κ1) is 13.4. The molecule has 1 aromatic rings. The molecule has 0 amide bonds. The van der Waals surface area contributed by atoms with E-state index in [4.69, 9.17) is 4.74 Å². The lowest BCUT2D eigenvalue weighted by Crippen LogP contribution is -2.27. The normalized spacial score (nSPS) is 24.4. The number of fused-ring (bicyclic) bond motifs is 1. The number of ether oxygens (including phenoxy) is 1. The van der Waals surface area contributed by atoms with E-state index in [0.29, 0.717) is 12.0 Å². The van der Waals surface area contributed by atoms with Gasteiger partial charge in [0.15, 0.2) is 0 Å². The Morgan fingerprint density at radius 2 is 2.00 bits per heavy atom. The van der Waals surface area contributed by atoms with Crippen LogP contribution < -0.4 is 0 Å². The molecule has 0 saturated heterocycles. The summed E-state index contributed by atoms with van der Waals surface area (Å²) in [6.07, 6.45) is -4.20. The summed E-state index contributed by atoms with van der Waals surface area (Å²) < 4.78 is 41.2. The van der Waals surface area contributed by atoms with Crippen LogP contribution in [0.5, 0.6) is 0 Å². The van der Waals surface area contributed by atoms with Crippen LogP contribution in [0.25, 0.3) is 0 Å². The second kappa shape index (κ2) is 5.28. The molecule has 1 aliphatic rings. The molecule has 100 valence electrons. The zero-order valence-corrected chi connectivity index (χ0v) is 9.78. The van der Waals surface area contributed by atoms with Crippen molar-refractivity contribution in [2.75, 3.05) is 6.61 Å². The van der Waals surface area contributed by atoms with Crippen molar-refractivity contribution in [1.29, 1.82) is 0 Å². The number of aryl methyl sites for hydroxylation is 1. The molecule has 0 bridgehead atoms. The summed E-state index contributed by atoms with van der Waals surface area (Å²) in [5.41, 5.74) is 1.67. The standard InChI is InChI=1S/C13H15F3O2/c14-13(15,16)8-18-11-7-3-5-9-4-1-2-6-10(9)12(11)17/h1-2,4,6,11-12,17H,3,5,7-8H2. The monoisotopic (exact) mass is 260 g/mol. The van der Waals surface area contributed by atoms with Gasteiger partial charge in [-0.2, -0.15) is 13.2 Å². The number of rotatable bonds is 2. The Balaban J connectivity index is 2.10. The van der Waals surface area contributed by atoms with Crippen LogP contribution in [0.3, 0.4) is 0 Å². The molecule has 0 fully saturated rings. The molecule has 1 N–H and O–H groups in total. The summed E-state index contributed by atoms with van der Waals surface area (Å²) in [5.74, 6) is 0. The Hall–Kier alpha value is -1.07. The average Bonchev–Trinajstić information content (AvgIpc) is 2.46. The Bertz CT molecular complexity index is 403. The highest BCUT2D eigenvalue weighted by Gasteiger charge is 2.33. The van der Waals surface area contributed by atoms with Crippen LogP contribution >= 0.6 is 0 Å². The lowest BCUT2D eigenvalue weighted by atomic mass is 10.0. The zero-order chi connectivity index (χ0) is 13.2. The number of benzene rings is 1. The summed E-state index contributed by atoms with van der Waals surface area (Å²) in [4.78, 5) is 0. The van der Waals surface area contributed by atoms with E-state index in [1.54, 1.807) is 12.1 Å². The Kier molecular flexibility index (Phi) is 3.92. The molecule has 0 aliphatic heterocycles. The number of aliphatic hydroxyl groups is 1. The average molecular weight is 260 g/mol. The number of alkyl halides is 3. The zero-order valence-electron chi connectivity index (χ0n) is 9.78. The highest BCUT2D eigenvalue weighted by molar-refractivity contribution is 5.30. The smallest absolute Gasteiger partial charge is 0.386 e. The van der Waals surface area contributed by atoms with Crippen LogP contribution in [0.2, 0.25) is 0 Å². The van der Waals surface area contributed by atoms with E-state index < -0.39 is 25.0 Å². The fraction of sp³-hybridized carbons (Fsp3) is 0.538. The summed E-state index contributed by atoms with van der Waals surface area (Å²) in [5, 5.41) is 10.1. The van der Waals surface area contributed by atoms with Crippen LogP contribution in [0.1, 0.15) is 30.1 Å². The van der Waals surface area contributed by atoms with Crippen molar-refractivity contribution in [1.82, 2.24) is 0 Å². The highest BCUT2D eigenvalue weighted by Crippen LogP contribution is 2.31. The minimum absolute atomic E-state index is 0.436. The molecule has 0 aromatic heterocycles. The van der Waals surface area contributed by atoms with E-state index in [1.807, 2.05) is 12.1 Å². The molecule has 0 saturated carbocycles. The van der Waals surface area contributed by atoms with Gasteiger partial charge in [-0.05, 0) is 30.4 Å². The highest BCUT2D eigenvalue weighted by atomic mass is 19.4. The fourth-order valence-electron chi connectivity index (χ4n) is 2.28. The van der Waals surface area contributed by atoms with E-state index in [1.165, 1.54) is 0 Å². The third kappa shape index (κ3) is 3.23. The molecule has 2 nitrogen and oxygen atoms in total. The minimum Gasteiger partial charge on any atom is -0.386 e. The summed E-state index contributed by atoms with van der Waals surface area (Å²) in [6, 6.07) is 7.27. The van der Waals surface area contributed by atoms with Crippen molar-refractivity contribution in [2.45, 2.75) is 37.6 Å². The molecule has 0 spiro atoms. The molecule has 18 heavy (non-hydrogen) atoms. The van der Waals surface area contributed by atoms with Crippen molar-refractivity contribution in [2.24, 2.45) is 0 Å². The number of halogens is 3. The van der Waals surface area contributed by atoms with Crippen molar-refractivity contribution in [3.63, 3.8) is 0 Å². The lowest BCUT2D eigenvalue weighted by molar-refractivity contribution is -0.196. The van der Waals surface area contributed by atoms with E-state index in [9.17, 15) is 18.3 Å². The molecule has 2 unspecified atom stereocenters. The van der Waals surface area contributed by atoms with Crippen LogP contribution in [-0.2, 0) is 11.2 Å². The molecule has 0 heterocycles. The lowest BCUT2D eigenvalue weighted by Gasteiger charge is -2.23. The quantitative estimate of drug-likeness (QED) is 0.828. The van der Waals surface area contributed by atoms with Gasteiger partial charge in [-0.25, -0.2) is 0 Å². The number of aliphatic hydroxyl groups excluding tert-OH is 1. The number of hydrogen-bond donors (Lipinski definition) is 1. The number of hydrogen-bond acceptors (Lipinski definition) is 2. The van der Waals surface area contributed by atoms with Gasteiger partial charge in [-0.1, -0.05) is 24.3 Å². The van der Waals surface area contributed by atoms with Gasteiger partial charge >= 0.3 is 6.18 Å². The second-order valence-electron chi connectivity index (χ2n) is 4.50. The Morgan fingerprint density at radius 3 is 2.72 bits per heavy atom. The maximum atomic E-state index is 12.1. The molecule has 1 aliphatic carbocycles. The molecule has 2 rings (SSSR count). The minimum atomic E-state index is -4.36. The Morgan fingerprint density at radius 1 is 1.28 bits per heavy atom. The molecule has 0 radical (unpaired) electrons. The van der Waals surface area contributed by atoms with Crippen molar-refractivity contribution in [3.8, 4) is 0 Å². The second-order valence-corrected chi connectivity index (χ2v) is 4.50. The molecular weight excluding hydrogens is 245 g/mol. The van der Waals surface area contributed by atoms with E-state index in [-0.39, 0.29) is 0 Å². The first-order valence-electron chi connectivity index (χ1n) is 5.91. The van der Waals surface area contributed by atoms with Crippen molar-refractivity contribution < 1.29 is 23.0 Å². The van der Waals surface area contributed by atoms with Gasteiger partial charge in [0.1, 0.15) is 12.7 Å². The topological polar surface area (TPSA) is 29.5 Å². The fourth-order valence-corrected chi connectivity index (χ4v) is 2.28. The summed E-state index contributed by atoms with van der Waals surface area (Å²) in [6.45, 7) is -1.31. The predicted octanol–water partition coefficient (Wildman–Crippen LogP) is 3.00. The van der Waals surface area contributed by atoms with E-state index >= 15 is 0 Å². The van der Waals surface area contributed by atoms with Gasteiger partial charge in [0.05, 0.1) is 6.10 Å². The third-order valence-electron chi connectivity index (χ3n) is 3.12. The van der Waals surface area contributed by atoms with Crippen molar-refractivity contribution in [3.05, 3.63) is 35.4 Å². The van der Waals surface area contributed by atoms with E-state index in [2.05, 4.69) is 0 Å². The van der Waals surface area contributed by atoms with Gasteiger partial charge in [-0.15, -0.1) is 0 Å². The maximum absolute atomic E-state index is 12.1. The van der Waals surface area contributed by atoms with Gasteiger partial charge in [0.2, 0.25) is 0 Å². The van der Waals surface area contributed by atoms with Gasteiger partial charge in [0, 0.05) is 0 Å². The SMILES string of the molecule is OC1c2ccccc2CCCC1OCC(F)(F)F. The van der Waals surface area contributed by atoms with Gasteiger partial charge < -0.3 is 9.84 Å². The Labute approximate surface area is 103 Å². The molecule has 2 atom stereocenters. The van der Waals surface area contributed by atoms with Crippen LogP contribution in [0, 0.1) is 0 Å². The third-order valence-corrected chi connectivity index (χ3v) is 3.12.